The number of nitrogens with zero attached hydrogens (tertiary/aromatic N) is 4. The first-order chi connectivity index (χ1) is 19.4. The lowest BCUT2D eigenvalue weighted by atomic mass is 10.1. The third-order valence-corrected chi connectivity index (χ3v) is 6.34. The minimum atomic E-state index is -1.10. The second-order valence-electron chi connectivity index (χ2n) is 8.94. The molecule has 0 atom stereocenters. The molecule has 0 bridgehead atoms. The largest absolute Gasteiger partial charge is 0.478 e. The topological polar surface area (TPSA) is 101 Å². The number of aromatic carboxylic acids is 1. The lowest BCUT2D eigenvalue weighted by molar-refractivity contribution is 0.0697. The molecule has 10 heteroatoms. The number of benzene rings is 3. The Hall–Kier alpha value is -5.17. The van der Waals surface area contributed by atoms with Crippen LogP contribution in [0, 0.1) is 23.0 Å². The molecule has 5 aromatic rings. The van der Waals surface area contributed by atoms with Crippen molar-refractivity contribution in [3.8, 4) is 23.2 Å². The number of carbonyl (C=O) groups is 1. The number of imidazole rings is 1. The Balaban J connectivity index is 1.36. The predicted octanol–water partition coefficient (Wildman–Crippen LogP) is 6.09. The summed E-state index contributed by atoms with van der Waals surface area (Å²) in [5, 5.41) is 18.2. The van der Waals surface area contributed by atoms with Crippen LogP contribution in [-0.2, 0) is 19.6 Å². The van der Waals surface area contributed by atoms with E-state index in [1.165, 1.54) is 30.3 Å². The maximum Gasteiger partial charge on any atom is 0.335 e. The first kappa shape index (κ1) is 26.4. The Labute approximate surface area is 226 Å². The number of nitriles is 1. The van der Waals surface area contributed by atoms with Gasteiger partial charge in [0.1, 0.15) is 30.7 Å². The molecule has 1 N–H and O–H groups in total. The van der Waals surface area contributed by atoms with Gasteiger partial charge in [0.2, 0.25) is 5.88 Å². The maximum absolute atomic E-state index is 15.2. The normalized spacial score (nSPS) is 10.9. The molecule has 3 aromatic carbocycles. The van der Waals surface area contributed by atoms with E-state index in [9.17, 15) is 18.7 Å². The van der Waals surface area contributed by atoms with Crippen LogP contribution in [0.3, 0.4) is 0 Å². The highest BCUT2D eigenvalue weighted by Gasteiger charge is 2.16. The highest BCUT2D eigenvalue weighted by Crippen LogP contribution is 2.26. The minimum absolute atomic E-state index is 0.0153. The Morgan fingerprint density at radius 1 is 1.00 bits per heavy atom. The summed E-state index contributed by atoms with van der Waals surface area (Å²) in [7, 11) is 0. The first-order valence-electron chi connectivity index (χ1n) is 12.2. The summed E-state index contributed by atoms with van der Waals surface area (Å²) in [6.07, 6.45) is 0.195. The van der Waals surface area contributed by atoms with E-state index >= 15 is 4.39 Å². The number of carboxylic acid groups (broad SMARTS) is 1. The smallest absolute Gasteiger partial charge is 0.335 e. The van der Waals surface area contributed by atoms with Crippen molar-refractivity contribution in [2.24, 2.45) is 0 Å². The summed E-state index contributed by atoms with van der Waals surface area (Å²) in [6.45, 7) is -0.813. The highest BCUT2D eigenvalue weighted by molar-refractivity contribution is 5.92. The molecule has 2 heterocycles. The summed E-state index contributed by atoms with van der Waals surface area (Å²) in [6, 6.07) is 19.9. The average Bonchev–Trinajstić information content (AvgIpc) is 3.28. The molecule has 0 saturated heterocycles. The van der Waals surface area contributed by atoms with Gasteiger partial charge in [0.15, 0.2) is 0 Å². The Kier molecular flexibility index (Phi) is 7.46. The van der Waals surface area contributed by atoms with Gasteiger partial charge in [-0.25, -0.2) is 27.9 Å². The van der Waals surface area contributed by atoms with Crippen molar-refractivity contribution in [1.29, 1.82) is 5.26 Å². The number of aryl methyl sites for hydroxylation is 1. The summed E-state index contributed by atoms with van der Waals surface area (Å²) in [5.41, 5.74) is 2.65. The number of halogens is 3. The van der Waals surface area contributed by atoms with Crippen molar-refractivity contribution >= 4 is 17.0 Å². The third kappa shape index (κ3) is 5.49. The van der Waals surface area contributed by atoms with E-state index in [2.05, 4.69) is 9.97 Å². The van der Waals surface area contributed by atoms with Crippen molar-refractivity contribution in [2.45, 2.75) is 19.6 Å². The zero-order chi connectivity index (χ0) is 28.2. The standard InChI is InChI=1S/C30H21F3N4O3/c31-10-11-37-27-15-20(30(38)39)7-9-26(27)35-28(37)14-18-5-8-22(24(33)12-18)25-2-1-3-29(36-25)40-17-21-6-4-19(16-34)13-23(21)32/h1-9,12-13,15H,10-11,14,17H2,(H,38,39). The van der Waals surface area contributed by atoms with Gasteiger partial charge in [-0.3, -0.25) is 0 Å². The zero-order valence-electron chi connectivity index (χ0n) is 20.9. The van der Waals surface area contributed by atoms with Gasteiger partial charge in [-0.15, -0.1) is 0 Å². The Bertz CT molecular complexity index is 1780. The SMILES string of the molecule is N#Cc1ccc(COc2cccc(-c3ccc(Cc4nc5ccc(C(=O)O)cc5n4CCF)cc3F)n2)c(F)c1. The van der Waals surface area contributed by atoms with Gasteiger partial charge in [0, 0.05) is 23.6 Å². The maximum atomic E-state index is 15.2. The Morgan fingerprint density at radius 3 is 2.58 bits per heavy atom. The molecule has 0 radical (unpaired) electrons. The molecule has 2 aromatic heterocycles. The molecule has 0 aliphatic heterocycles. The van der Waals surface area contributed by atoms with Crippen molar-refractivity contribution < 1.29 is 27.8 Å². The van der Waals surface area contributed by atoms with Gasteiger partial charge in [-0.2, -0.15) is 5.26 Å². The van der Waals surface area contributed by atoms with E-state index in [0.29, 0.717) is 28.1 Å². The third-order valence-electron chi connectivity index (χ3n) is 6.34. The van der Waals surface area contributed by atoms with Crippen LogP contribution >= 0.6 is 0 Å². The monoisotopic (exact) mass is 542 g/mol. The number of ether oxygens (including phenoxy) is 1. The number of alkyl halides is 1. The summed E-state index contributed by atoms with van der Waals surface area (Å²) in [5.74, 6) is -1.56. The van der Waals surface area contributed by atoms with Crippen LogP contribution < -0.4 is 4.74 Å². The molecule has 40 heavy (non-hydrogen) atoms. The fourth-order valence-corrected chi connectivity index (χ4v) is 4.36. The molecular formula is C30H21F3N4O3. The van der Waals surface area contributed by atoms with Crippen molar-refractivity contribution in [3.63, 3.8) is 0 Å². The number of carboxylic acids is 1. The zero-order valence-corrected chi connectivity index (χ0v) is 20.9. The van der Waals surface area contributed by atoms with Crippen LogP contribution in [0.4, 0.5) is 13.2 Å². The number of hydrogen-bond acceptors (Lipinski definition) is 5. The summed E-state index contributed by atoms with van der Waals surface area (Å²) in [4.78, 5) is 20.2. The fourth-order valence-electron chi connectivity index (χ4n) is 4.36. The molecule has 0 unspecified atom stereocenters. The molecule has 5 rings (SSSR count). The summed E-state index contributed by atoms with van der Waals surface area (Å²) < 4.78 is 49.9. The van der Waals surface area contributed by atoms with Gasteiger partial charge in [0.05, 0.1) is 40.5 Å². The van der Waals surface area contributed by atoms with Crippen molar-refractivity contribution in [2.75, 3.05) is 6.67 Å². The van der Waals surface area contributed by atoms with Gasteiger partial charge >= 0.3 is 5.97 Å². The van der Waals surface area contributed by atoms with Gasteiger partial charge < -0.3 is 14.4 Å². The van der Waals surface area contributed by atoms with E-state index in [0.717, 1.165) is 6.07 Å². The highest BCUT2D eigenvalue weighted by atomic mass is 19.1. The number of hydrogen-bond donors (Lipinski definition) is 1. The van der Waals surface area contributed by atoms with Crippen LogP contribution in [0.1, 0.15) is 32.9 Å². The van der Waals surface area contributed by atoms with Gasteiger partial charge in [-0.05, 0) is 54.1 Å². The molecule has 0 aliphatic rings. The molecule has 200 valence electrons. The van der Waals surface area contributed by atoms with Gasteiger partial charge in [-0.1, -0.05) is 18.2 Å². The predicted molar refractivity (Wildman–Crippen MR) is 141 cm³/mol. The second kappa shape index (κ2) is 11.3. The van der Waals surface area contributed by atoms with E-state index in [-0.39, 0.29) is 47.7 Å². The number of rotatable bonds is 9. The van der Waals surface area contributed by atoms with Crippen LogP contribution in [-0.4, -0.2) is 32.3 Å². The molecule has 0 fully saturated rings. The van der Waals surface area contributed by atoms with Gasteiger partial charge in [0.25, 0.3) is 0 Å². The molecule has 0 spiro atoms. The van der Waals surface area contributed by atoms with Crippen LogP contribution in [0.15, 0.2) is 72.8 Å². The second-order valence-corrected chi connectivity index (χ2v) is 8.94. The molecule has 0 saturated carbocycles. The number of fused-ring (bicyclic) bond motifs is 1. The molecule has 0 aliphatic carbocycles. The summed E-state index contributed by atoms with van der Waals surface area (Å²) >= 11 is 0. The minimum Gasteiger partial charge on any atom is -0.478 e. The first-order valence-corrected chi connectivity index (χ1v) is 12.2. The van der Waals surface area contributed by atoms with Crippen LogP contribution in [0.25, 0.3) is 22.3 Å². The van der Waals surface area contributed by atoms with E-state index in [1.54, 1.807) is 41.0 Å². The van der Waals surface area contributed by atoms with Crippen molar-refractivity contribution in [1.82, 2.24) is 14.5 Å². The Morgan fingerprint density at radius 2 is 1.85 bits per heavy atom. The molecular weight excluding hydrogens is 521 g/mol. The van der Waals surface area contributed by atoms with Crippen LogP contribution in [0.2, 0.25) is 0 Å². The number of aromatic nitrogens is 3. The van der Waals surface area contributed by atoms with E-state index in [4.69, 9.17) is 10.00 Å². The lowest BCUT2D eigenvalue weighted by Crippen LogP contribution is -2.07. The molecule has 7 nitrogen and oxygen atoms in total. The quantitative estimate of drug-likeness (QED) is 0.242. The lowest BCUT2D eigenvalue weighted by Gasteiger charge is -2.10. The molecule has 0 amide bonds. The van der Waals surface area contributed by atoms with E-state index < -0.39 is 24.3 Å². The number of pyridine rings is 1. The fraction of sp³-hybridized carbons (Fsp3) is 0.133. The average molecular weight is 543 g/mol. The van der Waals surface area contributed by atoms with Crippen LogP contribution in [0.5, 0.6) is 5.88 Å². The van der Waals surface area contributed by atoms with E-state index in [1.807, 2.05) is 6.07 Å². The van der Waals surface area contributed by atoms with Crippen molar-refractivity contribution in [3.05, 3.63) is 113 Å².